The summed E-state index contributed by atoms with van der Waals surface area (Å²) in [7, 11) is 0. The highest BCUT2D eigenvalue weighted by Gasteiger charge is 2.09. The van der Waals surface area contributed by atoms with E-state index in [1.165, 1.54) is 6.33 Å². The Labute approximate surface area is 84.3 Å². The van der Waals surface area contributed by atoms with Gasteiger partial charge in [0.1, 0.15) is 12.2 Å². The van der Waals surface area contributed by atoms with E-state index in [9.17, 15) is 5.11 Å². The molecule has 78 valence electrons. The molecule has 0 amide bonds. The van der Waals surface area contributed by atoms with Gasteiger partial charge in [-0.25, -0.2) is 4.98 Å². The van der Waals surface area contributed by atoms with Gasteiger partial charge in [0, 0.05) is 13.0 Å². The molecule has 4 heteroatoms. The minimum absolute atomic E-state index is 0.396. The van der Waals surface area contributed by atoms with Crippen LogP contribution in [0.4, 0.5) is 0 Å². The molecule has 1 atom stereocenters. The highest BCUT2D eigenvalue weighted by atomic mass is 16.3. The first kappa shape index (κ1) is 10.9. The fraction of sp³-hybridized carbons (Fsp3) is 0.600. The van der Waals surface area contributed by atoms with Gasteiger partial charge in [-0.1, -0.05) is 13.0 Å². The number of rotatable bonds is 6. The van der Waals surface area contributed by atoms with Crippen molar-refractivity contribution in [3.05, 3.63) is 24.8 Å². The first-order valence-electron chi connectivity index (χ1n) is 4.93. The Morgan fingerprint density at radius 1 is 1.71 bits per heavy atom. The maximum atomic E-state index is 9.56. The van der Waals surface area contributed by atoms with Crippen molar-refractivity contribution in [1.29, 1.82) is 0 Å². The van der Waals surface area contributed by atoms with E-state index in [4.69, 9.17) is 0 Å². The zero-order valence-corrected chi connectivity index (χ0v) is 8.56. The van der Waals surface area contributed by atoms with E-state index in [1.807, 2.05) is 4.68 Å². The minimum atomic E-state index is -0.396. The highest BCUT2D eigenvalue weighted by molar-refractivity contribution is 4.89. The summed E-state index contributed by atoms with van der Waals surface area (Å²) < 4.78 is 1.84. The molecular weight excluding hydrogens is 178 g/mol. The van der Waals surface area contributed by atoms with Crippen LogP contribution in [0.25, 0.3) is 0 Å². The van der Waals surface area contributed by atoms with E-state index in [0.717, 1.165) is 18.8 Å². The van der Waals surface area contributed by atoms with Crippen molar-refractivity contribution in [3.63, 3.8) is 0 Å². The molecule has 0 radical (unpaired) electrons. The summed E-state index contributed by atoms with van der Waals surface area (Å²) in [4.78, 5) is 4.11. The van der Waals surface area contributed by atoms with Crippen LogP contribution in [0, 0.1) is 0 Å². The predicted octanol–water partition coefficient (Wildman–Crippen LogP) is 1.17. The average molecular weight is 195 g/mol. The number of aliphatic hydroxyl groups excluding tert-OH is 1. The first-order chi connectivity index (χ1) is 6.77. The lowest BCUT2D eigenvalue weighted by Crippen LogP contribution is -2.14. The molecule has 14 heavy (non-hydrogen) atoms. The lowest BCUT2D eigenvalue weighted by Gasteiger charge is -2.08. The molecule has 0 spiro atoms. The molecule has 1 aromatic heterocycles. The maximum absolute atomic E-state index is 9.56. The molecule has 0 saturated heterocycles. The molecule has 0 fully saturated rings. The van der Waals surface area contributed by atoms with Crippen LogP contribution in [0.3, 0.4) is 0 Å². The molecular formula is C10H17N3O. The largest absolute Gasteiger partial charge is 0.392 e. The van der Waals surface area contributed by atoms with Crippen LogP contribution in [0.15, 0.2) is 19.0 Å². The third-order valence-electron chi connectivity index (χ3n) is 1.99. The molecule has 0 saturated carbocycles. The molecule has 0 aromatic carbocycles. The van der Waals surface area contributed by atoms with Gasteiger partial charge in [0.05, 0.1) is 6.10 Å². The van der Waals surface area contributed by atoms with Crippen LogP contribution in [-0.4, -0.2) is 26.0 Å². The van der Waals surface area contributed by atoms with Crippen molar-refractivity contribution in [2.24, 2.45) is 0 Å². The van der Waals surface area contributed by atoms with Crippen LogP contribution in [-0.2, 0) is 13.0 Å². The van der Waals surface area contributed by atoms with Crippen LogP contribution in [0.5, 0.6) is 0 Å². The second-order valence-electron chi connectivity index (χ2n) is 3.28. The topological polar surface area (TPSA) is 50.9 Å². The average Bonchev–Trinajstić information content (AvgIpc) is 2.54. The quantitative estimate of drug-likeness (QED) is 0.693. The van der Waals surface area contributed by atoms with Gasteiger partial charge in [-0.15, -0.1) is 6.58 Å². The van der Waals surface area contributed by atoms with Gasteiger partial charge < -0.3 is 5.11 Å². The van der Waals surface area contributed by atoms with E-state index in [1.54, 1.807) is 6.08 Å². The first-order valence-corrected chi connectivity index (χ1v) is 4.93. The normalized spacial score (nSPS) is 12.7. The van der Waals surface area contributed by atoms with Crippen molar-refractivity contribution < 1.29 is 5.11 Å². The molecule has 1 aromatic rings. The van der Waals surface area contributed by atoms with Crippen molar-refractivity contribution >= 4 is 0 Å². The predicted molar refractivity (Wildman–Crippen MR) is 54.8 cm³/mol. The van der Waals surface area contributed by atoms with E-state index in [0.29, 0.717) is 12.8 Å². The Balaban J connectivity index is 2.56. The molecule has 1 rings (SSSR count). The lowest BCUT2D eigenvalue weighted by molar-refractivity contribution is 0.174. The highest BCUT2D eigenvalue weighted by Crippen LogP contribution is 2.03. The summed E-state index contributed by atoms with van der Waals surface area (Å²) in [5, 5.41) is 13.6. The number of nitrogens with zero attached hydrogens (tertiary/aromatic N) is 3. The van der Waals surface area contributed by atoms with Crippen LogP contribution < -0.4 is 0 Å². The van der Waals surface area contributed by atoms with Crippen molar-refractivity contribution in [3.8, 4) is 0 Å². The molecule has 0 aliphatic carbocycles. The number of hydrogen-bond donors (Lipinski definition) is 1. The standard InChI is InChI=1S/C10H17N3O/c1-3-5-9(14)7-10-11-8-12-13(10)6-4-2/h3,8-9,14H,1,4-7H2,2H3. The van der Waals surface area contributed by atoms with Crippen molar-refractivity contribution in [2.45, 2.75) is 38.8 Å². The Bertz CT molecular complexity index is 283. The van der Waals surface area contributed by atoms with Crippen molar-refractivity contribution in [2.75, 3.05) is 0 Å². The monoisotopic (exact) mass is 195 g/mol. The number of aromatic nitrogens is 3. The molecule has 0 bridgehead atoms. The molecule has 1 unspecified atom stereocenters. The summed E-state index contributed by atoms with van der Waals surface area (Å²) in [6.07, 6.45) is 5.02. The zero-order valence-electron chi connectivity index (χ0n) is 8.56. The third-order valence-corrected chi connectivity index (χ3v) is 1.99. The van der Waals surface area contributed by atoms with Gasteiger partial charge in [-0.3, -0.25) is 4.68 Å². The smallest absolute Gasteiger partial charge is 0.138 e. The van der Waals surface area contributed by atoms with E-state index >= 15 is 0 Å². The van der Waals surface area contributed by atoms with Gasteiger partial charge >= 0.3 is 0 Å². The van der Waals surface area contributed by atoms with Crippen molar-refractivity contribution in [1.82, 2.24) is 14.8 Å². The summed E-state index contributed by atoms with van der Waals surface area (Å²) in [5.41, 5.74) is 0. The lowest BCUT2D eigenvalue weighted by atomic mass is 10.2. The van der Waals surface area contributed by atoms with Crippen LogP contribution in [0.2, 0.25) is 0 Å². The number of aliphatic hydroxyl groups is 1. The van der Waals surface area contributed by atoms with E-state index < -0.39 is 6.10 Å². The van der Waals surface area contributed by atoms with Crippen LogP contribution in [0.1, 0.15) is 25.6 Å². The van der Waals surface area contributed by atoms with Gasteiger partial charge in [0.15, 0.2) is 0 Å². The molecule has 1 N–H and O–H groups in total. The Morgan fingerprint density at radius 3 is 3.14 bits per heavy atom. The summed E-state index contributed by atoms with van der Waals surface area (Å²) >= 11 is 0. The molecule has 0 aliphatic rings. The second kappa shape index (κ2) is 5.54. The fourth-order valence-corrected chi connectivity index (χ4v) is 1.33. The fourth-order valence-electron chi connectivity index (χ4n) is 1.33. The molecule has 4 nitrogen and oxygen atoms in total. The van der Waals surface area contributed by atoms with E-state index in [2.05, 4.69) is 23.6 Å². The molecule has 1 heterocycles. The van der Waals surface area contributed by atoms with Gasteiger partial charge in [-0.05, 0) is 12.8 Å². The Kier molecular flexibility index (Phi) is 4.32. The third kappa shape index (κ3) is 2.96. The number of aryl methyl sites for hydroxylation is 1. The SMILES string of the molecule is C=CCC(O)Cc1ncnn1CCC. The van der Waals surface area contributed by atoms with E-state index in [-0.39, 0.29) is 0 Å². The summed E-state index contributed by atoms with van der Waals surface area (Å²) in [6.45, 7) is 6.53. The molecule has 0 aliphatic heterocycles. The summed E-state index contributed by atoms with van der Waals surface area (Å²) in [6, 6.07) is 0. The van der Waals surface area contributed by atoms with Crippen LogP contribution >= 0.6 is 0 Å². The minimum Gasteiger partial charge on any atom is -0.392 e. The Morgan fingerprint density at radius 2 is 2.50 bits per heavy atom. The van der Waals surface area contributed by atoms with Gasteiger partial charge in [0.2, 0.25) is 0 Å². The maximum Gasteiger partial charge on any atom is 0.138 e. The number of hydrogen-bond acceptors (Lipinski definition) is 3. The van der Waals surface area contributed by atoms with Gasteiger partial charge in [0.25, 0.3) is 0 Å². The zero-order chi connectivity index (χ0) is 10.4. The van der Waals surface area contributed by atoms with Gasteiger partial charge in [-0.2, -0.15) is 5.10 Å². The summed E-state index contributed by atoms with van der Waals surface area (Å²) in [5.74, 6) is 0.848. The second-order valence-corrected chi connectivity index (χ2v) is 3.28. The Hall–Kier alpha value is -1.16.